The lowest BCUT2D eigenvalue weighted by Crippen LogP contribution is -2.50. The van der Waals surface area contributed by atoms with Gasteiger partial charge in [0.05, 0.1) is 6.20 Å². The van der Waals surface area contributed by atoms with Crippen LogP contribution in [0.5, 0.6) is 5.88 Å². The van der Waals surface area contributed by atoms with Gasteiger partial charge in [-0.3, -0.25) is 0 Å². The van der Waals surface area contributed by atoms with E-state index in [9.17, 15) is 8.42 Å². The lowest BCUT2D eigenvalue weighted by atomic mass is 10.3. The Kier molecular flexibility index (Phi) is 3.80. The van der Waals surface area contributed by atoms with Gasteiger partial charge in [0.25, 0.3) is 0 Å². The highest BCUT2D eigenvalue weighted by Crippen LogP contribution is 2.24. The van der Waals surface area contributed by atoms with Crippen LogP contribution in [0, 0.1) is 12.0 Å². The van der Waals surface area contributed by atoms with Crippen molar-refractivity contribution in [3.05, 3.63) is 18.3 Å². The van der Waals surface area contributed by atoms with Gasteiger partial charge in [0.2, 0.25) is 15.9 Å². The van der Waals surface area contributed by atoms with E-state index in [1.807, 2.05) is 0 Å². The van der Waals surface area contributed by atoms with E-state index >= 15 is 0 Å². The average Bonchev–Trinajstić information content (AvgIpc) is 2.33. The zero-order valence-electron chi connectivity index (χ0n) is 9.70. The van der Waals surface area contributed by atoms with E-state index in [2.05, 4.69) is 29.6 Å². The fourth-order valence-corrected chi connectivity index (χ4v) is 3.54. The summed E-state index contributed by atoms with van der Waals surface area (Å²) in [5, 5.41) is 0.121. The lowest BCUT2D eigenvalue weighted by molar-refractivity contribution is 0.321. The van der Waals surface area contributed by atoms with Gasteiger partial charge in [-0.05, 0) is 6.07 Å². The van der Waals surface area contributed by atoms with Crippen molar-refractivity contribution in [2.45, 2.75) is 17.1 Å². The Bertz CT molecular complexity index is 581. The molecule has 0 atom stereocenters. The molecule has 0 N–H and O–H groups in total. The van der Waals surface area contributed by atoms with Crippen molar-refractivity contribution in [2.75, 3.05) is 13.1 Å². The van der Waals surface area contributed by atoms with Crippen LogP contribution in [0.4, 0.5) is 0 Å². The molecule has 2 rings (SSSR count). The third-order valence-electron chi connectivity index (χ3n) is 2.43. The highest BCUT2D eigenvalue weighted by atomic mass is 32.2. The van der Waals surface area contributed by atoms with Crippen molar-refractivity contribution < 1.29 is 13.2 Å². The fraction of sp³-hybridized carbons (Fsp3) is 0.364. The number of thiol groups is 1. The molecule has 1 aromatic rings. The Hall–Kier alpha value is -1.23. The van der Waals surface area contributed by atoms with Crippen LogP contribution in [0.2, 0.25) is 0 Å². The van der Waals surface area contributed by atoms with Gasteiger partial charge in [0.15, 0.2) is 0 Å². The molecule has 2 heterocycles. The third-order valence-corrected chi connectivity index (χ3v) is 4.58. The van der Waals surface area contributed by atoms with E-state index in [1.165, 1.54) is 22.6 Å². The first-order valence-electron chi connectivity index (χ1n) is 5.27. The van der Waals surface area contributed by atoms with Gasteiger partial charge in [-0.1, -0.05) is 5.92 Å². The number of nitrogens with zero attached hydrogens (tertiary/aromatic N) is 2. The van der Waals surface area contributed by atoms with Crippen LogP contribution in [0.25, 0.3) is 0 Å². The van der Waals surface area contributed by atoms with E-state index in [4.69, 9.17) is 4.74 Å². The second kappa shape index (κ2) is 5.18. The predicted molar refractivity (Wildman–Crippen MR) is 69.8 cm³/mol. The minimum absolute atomic E-state index is 0.121. The molecule has 0 unspecified atom stereocenters. The van der Waals surface area contributed by atoms with Crippen LogP contribution in [-0.4, -0.2) is 36.0 Å². The molecule has 1 aliphatic rings. The second-order valence-electron chi connectivity index (χ2n) is 3.76. The van der Waals surface area contributed by atoms with Gasteiger partial charge in [0.1, 0.15) is 11.0 Å². The van der Waals surface area contributed by atoms with Crippen LogP contribution in [0.15, 0.2) is 23.2 Å². The molecule has 5 nitrogen and oxygen atoms in total. The van der Waals surface area contributed by atoms with Crippen molar-refractivity contribution in [2.24, 2.45) is 0 Å². The molecule has 0 spiro atoms. The first-order chi connectivity index (χ1) is 8.54. The molecule has 18 heavy (non-hydrogen) atoms. The summed E-state index contributed by atoms with van der Waals surface area (Å²) in [5.41, 5.74) is 0. The van der Waals surface area contributed by atoms with Gasteiger partial charge < -0.3 is 4.74 Å². The summed E-state index contributed by atoms with van der Waals surface area (Å²) in [4.78, 5) is 4.05. The quantitative estimate of drug-likeness (QED) is 0.657. The van der Waals surface area contributed by atoms with Crippen molar-refractivity contribution in [3.63, 3.8) is 0 Å². The Morgan fingerprint density at radius 3 is 2.72 bits per heavy atom. The summed E-state index contributed by atoms with van der Waals surface area (Å²) < 4.78 is 30.5. The molecule has 0 aromatic carbocycles. The van der Waals surface area contributed by atoms with Crippen LogP contribution in [-0.2, 0) is 10.0 Å². The predicted octanol–water partition coefficient (Wildman–Crippen LogP) is 0.744. The zero-order valence-corrected chi connectivity index (χ0v) is 11.4. The second-order valence-corrected chi connectivity index (χ2v) is 6.43. The summed E-state index contributed by atoms with van der Waals surface area (Å²) >= 11 is 4.19. The number of ether oxygens (including phenoxy) is 1. The van der Waals surface area contributed by atoms with Crippen LogP contribution < -0.4 is 4.74 Å². The summed E-state index contributed by atoms with van der Waals surface area (Å²) in [7, 11) is -3.44. The van der Waals surface area contributed by atoms with Crippen molar-refractivity contribution in [1.82, 2.24) is 9.29 Å². The maximum absolute atomic E-state index is 12.1. The highest BCUT2D eigenvalue weighted by Gasteiger charge is 2.34. The number of rotatable bonds is 3. The number of hydrogen-bond acceptors (Lipinski definition) is 5. The largest absolute Gasteiger partial charge is 0.388 e. The Morgan fingerprint density at radius 1 is 1.50 bits per heavy atom. The maximum Gasteiger partial charge on any atom is 0.244 e. The van der Waals surface area contributed by atoms with E-state index < -0.39 is 10.0 Å². The average molecular weight is 284 g/mol. The molecule has 1 aliphatic heterocycles. The molecule has 0 saturated carbocycles. The number of sulfonamides is 1. The number of hydrogen-bond donors (Lipinski definition) is 1. The molecule has 1 fully saturated rings. The summed E-state index contributed by atoms with van der Waals surface area (Å²) in [6.45, 7) is 2.51. The van der Waals surface area contributed by atoms with Gasteiger partial charge in [-0.15, -0.1) is 0 Å². The van der Waals surface area contributed by atoms with Crippen LogP contribution in [0.3, 0.4) is 0 Å². The highest BCUT2D eigenvalue weighted by molar-refractivity contribution is 7.89. The molecule has 0 bridgehead atoms. The van der Waals surface area contributed by atoms with Gasteiger partial charge in [0, 0.05) is 31.3 Å². The molecule has 96 valence electrons. The Labute approximate surface area is 112 Å². The molecular weight excluding hydrogens is 272 g/mol. The van der Waals surface area contributed by atoms with Gasteiger partial charge in [-0.2, -0.15) is 16.9 Å². The fourth-order valence-electron chi connectivity index (χ4n) is 1.44. The minimum atomic E-state index is -3.44. The minimum Gasteiger partial charge on any atom is -0.388 e. The third kappa shape index (κ3) is 2.61. The molecule has 0 radical (unpaired) electrons. The summed E-state index contributed by atoms with van der Waals surface area (Å²) in [6.07, 6.45) is 3.66. The first-order valence-corrected chi connectivity index (χ1v) is 7.22. The zero-order chi connectivity index (χ0) is 13.2. The van der Waals surface area contributed by atoms with Crippen LogP contribution in [0.1, 0.15) is 6.92 Å². The Balaban J connectivity index is 2.15. The molecule has 7 heteroatoms. The monoisotopic (exact) mass is 284 g/mol. The van der Waals surface area contributed by atoms with Crippen molar-refractivity contribution in [1.29, 1.82) is 0 Å². The van der Waals surface area contributed by atoms with Gasteiger partial charge in [-0.25, -0.2) is 13.4 Å². The topological polar surface area (TPSA) is 59.5 Å². The first kappa shape index (κ1) is 13.2. The van der Waals surface area contributed by atoms with Crippen molar-refractivity contribution >= 4 is 22.7 Å². The Morgan fingerprint density at radius 2 is 2.22 bits per heavy atom. The number of pyridine rings is 1. The SMILES string of the molecule is CC#COc1ccc(S(=O)(=O)N2CC(S)C2)cn1. The van der Waals surface area contributed by atoms with Crippen LogP contribution >= 0.6 is 12.6 Å². The van der Waals surface area contributed by atoms with Crippen molar-refractivity contribution in [3.8, 4) is 17.9 Å². The normalized spacial score (nSPS) is 16.6. The number of aromatic nitrogens is 1. The smallest absolute Gasteiger partial charge is 0.244 e. The molecular formula is C11H12N2O3S2. The molecule has 0 aliphatic carbocycles. The lowest BCUT2D eigenvalue weighted by Gasteiger charge is -2.34. The summed E-state index contributed by atoms with van der Waals surface area (Å²) in [6, 6.07) is 2.94. The molecule has 0 amide bonds. The van der Waals surface area contributed by atoms with E-state index in [0.29, 0.717) is 13.1 Å². The summed E-state index contributed by atoms with van der Waals surface area (Å²) in [5.74, 6) is 2.83. The molecule has 1 aromatic heterocycles. The van der Waals surface area contributed by atoms with Gasteiger partial charge >= 0.3 is 0 Å². The molecule has 1 saturated heterocycles. The van der Waals surface area contributed by atoms with E-state index in [0.717, 1.165) is 0 Å². The van der Waals surface area contributed by atoms with E-state index in [-0.39, 0.29) is 16.0 Å². The maximum atomic E-state index is 12.1. The standard InChI is InChI=1S/C11H12N2O3S2/c1-2-5-16-11-4-3-10(6-12-11)18(14,15)13-7-9(17)8-13/h3-4,6,9,17H,7-8H2,1H3. The van der Waals surface area contributed by atoms with E-state index in [1.54, 1.807) is 6.92 Å².